The number of nitro groups is 1. The first-order chi connectivity index (χ1) is 17.5. The highest BCUT2D eigenvalue weighted by molar-refractivity contribution is 6.32. The van der Waals surface area contributed by atoms with Crippen LogP contribution in [0.4, 0.5) is 17.3 Å². The Hall–Kier alpha value is -4.05. The standard InChI is InChI=1S/C25H22ClN7O3/c26-20-3-1-2-17(24(20)33(35)36)18-8-19(18)25(34)31-22-9-21(28-13-29-22)27-10-16-12-32-11-15(14-4-5-14)6-7-23(32)30-16/h1-3,6-7,9,11-14,18-19H,4-5,8,10H2,(H2,27,28,29,31,34). The molecule has 2 aliphatic rings. The largest absolute Gasteiger partial charge is 0.364 e. The number of rotatable bonds is 8. The van der Waals surface area contributed by atoms with Crippen LogP contribution in [0.5, 0.6) is 0 Å². The van der Waals surface area contributed by atoms with E-state index >= 15 is 0 Å². The summed E-state index contributed by atoms with van der Waals surface area (Å²) < 4.78 is 2.05. The molecule has 11 heteroatoms. The van der Waals surface area contributed by atoms with Gasteiger partial charge in [-0.2, -0.15) is 0 Å². The number of anilines is 2. The summed E-state index contributed by atoms with van der Waals surface area (Å²) in [5.74, 6) is 0.707. The Bertz CT molecular complexity index is 1500. The molecule has 10 nitrogen and oxygen atoms in total. The van der Waals surface area contributed by atoms with Crippen molar-refractivity contribution in [1.82, 2.24) is 19.4 Å². The Balaban J connectivity index is 1.09. The van der Waals surface area contributed by atoms with Crippen molar-refractivity contribution in [1.29, 1.82) is 0 Å². The zero-order chi connectivity index (χ0) is 24.8. The molecule has 1 amide bonds. The minimum Gasteiger partial charge on any atom is -0.364 e. The molecule has 2 saturated carbocycles. The molecule has 3 aromatic heterocycles. The number of hydrogen-bond donors (Lipinski definition) is 2. The lowest BCUT2D eigenvalue weighted by atomic mass is 10.1. The molecule has 0 spiro atoms. The third-order valence-electron chi connectivity index (χ3n) is 6.67. The highest BCUT2D eigenvalue weighted by atomic mass is 35.5. The first kappa shape index (κ1) is 22.4. The van der Waals surface area contributed by atoms with Crippen molar-refractivity contribution >= 4 is 40.5 Å². The number of nitrogens with one attached hydrogen (secondary N) is 2. The molecule has 3 heterocycles. The fourth-order valence-corrected chi connectivity index (χ4v) is 4.83. The van der Waals surface area contributed by atoms with Gasteiger partial charge >= 0.3 is 0 Å². The van der Waals surface area contributed by atoms with Crippen LogP contribution in [0.25, 0.3) is 5.65 Å². The molecule has 0 aliphatic heterocycles. The molecule has 2 aliphatic carbocycles. The SMILES string of the molecule is O=C(Nc1cc(NCc2cn3cc(C4CC4)ccc3n2)ncn1)C1CC1c1cccc(Cl)c1[N+](=O)[O-]. The van der Waals surface area contributed by atoms with E-state index < -0.39 is 4.92 Å². The smallest absolute Gasteiger partial charge is 0.291 e. The number of pyridine rings is 1. The number of amides is 1. The van der Waals surface area contributed by atoms with E-state index in [2.05, 4.69) is 37.8 Å². The number of para-hydroxylation sites is 1. The predicted molar refractivity (Wildman–Crippen MR) is 134 cm³/mol. The minimum absolute atomic E-state index is 0.0732. The summed E-state index contributed by atoms with van der Waals surface area (Å²) >= 11 is 6.02. The zero-order valence-corrected chi connectivity index (χ0v) is 19.9. The summed E-state index contributed by atoms with van der Waals surface area (Å²) in [6.07, 6.45) is 8.53. The lowest BCUT2D eigenvalue weighted by Crippen LogP contribution is -2.16. The number of imidazole rings is 1. The van der Waals surface area contributed by atoms with Crippen molar-refractivity contribution in [2.24, 2.45) is 5.92 Å². The van der Waals surface area contributed by atoms with Crippen molar-refractivity contribution in [2.75, 3.05) is 10.6 Å². The van der Waals surface area contributed by atoms with Gasteiger partial charge in [0.15, 0.2) is 0 Å². The first-order valence-electron chi connectivity index (χ1n) is 11.7. The highest BCUT2D eigenvalue weighted by Gasteiger charge is 2.47. The Morgan fingerprint density at radius 2 is 2.00 bits per heavy atom. The molecule has 6 rings (SSSR count). The van der Waals surface area contributed by atoms with Gasteiger partial charge in [0.25, 0.3) is 5.69 Å². The summed E-state index contributed by atoms with van der Waals surface area (Å²) in [5.41, 5.74) is 3.46. The summed E-state index contributed by atoms with van der Waals surface area (Å²) in [6, 6.07) is 10.6. The molecular formula is C25H22ClN7O3. The first-order valence-corrected chi connectivity index (χ1v) is 12.1. The second-order valence-corrected chi connectivity index (χ2v) is 9.66. The molecule has 0 saturated heterocycles. The van der Waals surface area contributed by atoms with Crippen molar-refractivity contribution in [3.8, 4) is 0 Å². The number of aromatic nitrogens is 4. The van der Waals surface area contributed by atoms with Gasteiger partial charge in [0.05, 0.1) is 17.2 Å². The summed E-state index contributed by atoms with van der Waals surface area (Å²) in [4.78, 5) is 36.7. The normalized spacial score (nSPS) is 18.7. The van der Waals surface area contributed by atoms with Crippen LogP contribution >= 0.6 is 11.6 Å². The lowest BCUT2D eigenvalue weighted by Gasteiger charge is -2.07. The van der Waals surface area contributed by atoms with Gasteiger partial charge in [0.2, 0.25) is 5.91 Å². The molecule has 182 valence electrons. The average molecular weight is 504 g/mol. The number of halogens is 1. The van der Waals surface area contributed by atoms with Gasteiger partial charge in [-0.25, -0.2) is 15.0 Å². The Labute approximate surface area is 210 Å². The number of carbonyl (C=O) groups is 1. The van der Waals surface area contributed by atoms with Gasteiger partial charge in [-0.15, -0.1) is 0 Å². The zero-order valence-electron chi connectivity index (χ0n) is 19.1. The number of nitro benzene ring substituents is 1. The molecule has 1 aromatic carbocycles. The van der Waals surface area contributed by atoms with Crippen molar-refractivity contribution < 1.29 is 9.72 Å². The molecule has 2 N–H and O–H groups in total. The van der Waals surface area contributed by atoms with Crippen LogP contribution in [-0.2, 0) is 11.3 Å². The van der Waals surface area contributed by atoms with E-state index in [0.717, 1.165) is 11.3 Å². The minimum atomic E-state index is -0.498. The molecule has 2 fully saturated rings. The molecule has 36 heavy (non-hydrogen) atoms. The maximum Gasteiger partial charge on any atom is 0.291 e. The number of carbonyl (C=O) groups excluding carboxylic acids is 1. The molecule has 4 aromatic rings. The summed E-state index contributed by atoms with van der Waals surface area (Å²) in [7, 11) is 0. The van der Waals surface area contributed by atoms with Gasteiger partial charge in [-0.1, -0.05) is 29.8 Å². The fourth-order valence-electron chi connectivity index (χ4n) is 4.58. The Kier molecular flexibility index (Phi) is 5.52. The van der Waals surface area contributed by atoms with Gasteiger partial charge in [0.1, 0.15) is 28.6 Å². The monoisotopic (exact) mass is 503 g/mol. The van der Waals surface area contributed by atoms with Crippen LogP contribution in [0.1, 0.15) is 47.9 Å². The van der Waals surface area contributed by atoms with Crippen molar-refractivity contribution in [3.05, 3.63) is 87.1 Å². The lowest BCUT2D eigenvalue weighted by molar-refractivity contribution is -0.385. The number of hydrogen-bond acceptors (Lipinski definition) is 7. The van der Waals surface area contributed by atoms with Crippen LogP contribution < -0.4 is 10.6 Å². The third kappa shape index (κ3) is 4.47. The molecule has 0 radical (unpaired) electrons. The highest BCUT2D eigenvalue weighted by Crippen LogP contribution is 2.51. The summed E-state index contributed by atoms with van der Waals surface area (Å²) in [5, 5.41) is 17.5. The Morgan fingerprint density at radius 3 is 2.81 bits per heavy atom. The van der Waals surface area contributed by atoms with Gasteiger partial charge in [-0.3, -0.25) is 14.9 Å². The molecular weight excluding hydrogens is 482 g/mol. The number of benzene rings is 1. The summed E-state index contributed by atoms with van der Waals surface area (Å²) in [6.45, 7) is 0.466. The van der Waals surface area contributed by atoms with Gasteiger partial charge in [-0.05, 0) is 42.9 Å². The van der Waals surface area contributed by atoms with Crippen LogP contribution in [0, 0.1) is 16.0 Å². The van der Waals surface area contributed by atoms with Gasteiger partial charge < -0.3 is 15.0 Å². The van der Waals surface area contributed by atoms with E-state index in [1.807, 2.05) is 16.7 Å². The van der Waals surface area contributed by atoms with E-state index in [9.17, 15) is 14.9 Å². The van der Waals surface area contributed by atoms with Crippen molar-refractivity contribution in [2.45, 2.75) is 37.6 Å². The third-order valence-corrected chi connectivity index (χ3v) is 6.97. The van der Waals surface area contributed by atoms with Crippen molar-refractivity contribution in [3.63, 3.8) is 0 Å². The molecule has 2 unspecified atom stereocenters. The number of nitrogens with zero attached hydrogens (tertiary/aromatic N) is 5. The van der Waals surface area contributed by atoms with Crippen LogP contribution in [0.3, 0.4) is 0 Å². The van der Waals surface area contributed by atoms with E-state index in [1.54, 1.807) is 18.2 Å². The second kappa shape index (κ2) is 8.87. The molecule has 2 atom stereocenters. The van der Waals surface area contributed by atoms with E-state index in [1.165, 1.54) is 30.8 Å². The topological polar surface area (TPSA) is 127 Å². The van der Waals surface area contributed by atoms with Gasteiger partial charge in [0, 0.05) is 35.9 Å². The maximum atomic E-state index is 12.8. The fraction of sp³-hybridized carbons (Fsp3) is 0.280. The molecule has 0 bridgehead atoms. The second-order valence-electron chi connectivity index (χ2n) is 9.25. The van der Waals surface area contributed by atoms with Crippen LogP contribution in [0.2, 0.25) is 5.02 Å². The quantitative estimate of drug-likeness (QED) is 0.258. The van der Waals surface area contributed by atoms with Crippen LogP contribution in [-0.4, -0.2) is 30.2 Å². The maximum absolute atomic E-state index is 12.8. The van der Waals surface area contributed by atoms with E-state index in [0.29, 0.717) is 36.1 Å². The predicted octanol–water partition coefficient (Wildman–Crippen LogP) is 4.92. The average Bonchev–Trinajstić information content (AvgIpc) is 3.78. The van der Waals surface area contributed by atoms with E-state index in [4.69, 9.17) is 11.6 Å². The Morgan fingerprint density at radius 1 is 1.17 bits per heavy atom. The number of fused-ring (bicyclic) bond motifs is 1. The van der Waals surface area contributed by atoms with Crippen LogP contribution in [0.15, 0.2) is 55.1 Å². The van der Waals surface area contributed by atoms with E-state index in [-0.39, 0.29) is 28.5 Å².